The molecule has 0 amide bonds. The second-order valence-corrected chi connectivity index (χ2v) is 7.88. The molecule has 0 aliphatic heterocycles. The maximum Gasteiger partial charge on any atom is 0.527 e. The predicted octanol–water partition coefficient (Wildman–Crippen LogP) is 4.16. The highest BCUT2D eigenvalue weighted by atomic mass is 31.2. The van der Waals surface area contributed by atoms with Gasteiger partial charge in [-0.25, -0.2) is 9.13 Å². The first kappa shape index (κ1) is 20.6. The molecule has 0 fully saturated rings. The van der Waals surface area contributed by atoms with Crippen molar-refractivity contribution in [3.63, 3.8) is 0 Å². The Morgan fingerprint density at radius 3 is 1.35 bits per heavy atom. The fourth-order valence-electron chi connectivity index (χ4n) is 1.85. The van der Waals surface area contributed by atoms with Crippen molar-refractivity contribution in [1.82, 2.24) is 0 Å². The van der Waals surface area contributed by atoms with Crippen LogP contribution < -0.4 is 9.05 Å². The molecular formula is C16H20O8P2. The Kier molecular flexibility index (Phi) is 7.85. The highest BCUT2D eigenvalue weighted by Gasteiger charge is 2.24. The molecule has 2 unspecified atom stereocenters. The highest BCUT2D eigenvalue weighted by Crippen LogP contribution is 2.45. The summed E-state index contributed by atoms with van der Waals surface area (Å²) < 4.78 is 42.9. The van der Waals surface area contributed by atoms with Gasteiger partial charge >= 0.3 is 15.6 Å². The average Bonchev–Trinajstić information content (AvgIpc) is 2.59. The van der Waals surface area contributed by atoms with Crippen molar-refractivity contribution in [2.75, 3.05) is 13.2 Å². The van der Waals surface area contributed by atoms with E-state index in [0.29, 0.717) is 12.8 Å². The van der Waals surface area contributed by atoms with Gasteiger partial charge in [-0.2, -0.15) is 0 Å². The molecule has 0 saturated heterocycles. The van der Waals surface area contributed by atoms with Gasteiger partial charge in [0.1, 0.15) is 11.5 Å². The number of phosphoric ester groups is 2. The van der Waals surface area contributed by atoms with Crippen LogP contribution in [-0.4, -0.2) is 23.0 Å². The molecule has 142 valence electrons. The number of para-hydroxylation sites is 2. The van der Waals surface area contributed by atoms with Gasteiger partial charge in [0.15, 0.2) is 0 Å². The SMILES string of the molecule is O=P(O)(OCCCCOP(=O)(O)Oc1ccccc1)Oc1ccccc1. The van der Waals surface area contributed by atoms with Crippen molar-refractivity contribution in [1.29, 1.82) is 0 Å². The third-order valence-corrected chi connectivity index (χ3v) is 4.88. The summed E-state index contributed by atoms with van der Waals surface area (Å²) in [5, 5.41) is 0. The third-order valence-electron chi connectivity index (χ3n) is 2.98. The third kappa shape index (κ3) is 8.15. The number of hydrogen-bond acceptors (Lipinski definition) is 6. The van der Waals surface area contributed by atoms with Crippen LogP contribution in [0.1, 0.15) is 12.8 Å². The van der Waals surface area contributed by atoms with Crippen LogP contribution in [0, 0.1) is 0 Å². The van der Waals surface area contributed by atoms with Crippen LogP contribution in [-0.2, 0) is 18.2 Å². The Bertz CT molecular complexity index is 688. The fraction of sp³-hybridized carbons (Fsp3) is 0.250. The zero-order chi connectivity index (χ0) is 18.9. The van der Waals surface area contributed by atoms with Crippen molar-refractivity contribution >= 4 is 15.6 Å². The molecule has 0 bridgehead atoms. The summed E-state index contributed by atoms with van der Waals surface area (Å²) in [7, 11) is -8.42. The maximum absolute atomic E-state index is 11.8. The number of phosphoric acid groups is 2. The molecule has 2 aromatic carbocycles. The van der Waals surface area contributed by atoms with Crippen molar-refractivity contribution in [3.8, 4) is 11.5 Å². The van der Waals surface area contributed by atoms with Gasteiger partial charge in [-0.1, -0.05) is 36.4 Å². The molecular weight excluding hydrogens is 382 g/mol. The summed E-state index contributed by atoms with van der Waals surface area (Å²) in [5.74, 6) is 0.446. The van der Waals surface area contributed by atoms with Gasteiger partial charge in [-0.3, -0.25) is 18.8 Å². The van der Waals surface area contributed by atoms with E-state index in [-0.39, 0.29) is 24.7 Å². The van der Waals surface area contributed by atoms with Crippen molar-refractivity contribution in [3.05, 3.63) is 60.7 Å². The lowest BCUT2D eigenvalue weighted by molar-refractivity contribution is 0.177. The molecule has 0 spiro atoms. The van der Waals surface area contributed by atoms with Crippen molar-refractivity contribution in [2.45, 2.75) is 12.8 Å². The van der Waals surface area contributed by atoms with Crippen LogP contribution in [0.4, 0.5) is 0 Å². The smallest absolute Gasteiger partial charge is 0.404 e. The molecule has 0 saturated carbocycles. The van der Waals surface area contributed by atoms with Gasteiger partial charge in [0.25, 0.3) is 0 Å². The minimum atomic E-state index is -4.21. The molecule has 0 radical (unpaired) electrons. The summed E-state index contributed by atoms with van der Waals surface area (Å²) in [5.41, 5.74) is 0. The van der Waals surface area contributed by atoms with Crippen LogP contribution in [0.2, 0.25) is 0 Å². The molecule has 0 heterocycles. The number of benzene rings is 2. The normalized spacial score (nSPS) is 15.6. The Balaban J connectivity index is 1.62. The van der Waals surface area contributed by atoms with Gasteiger partial charge in [-0.05, 0) is 37.1 Å². The van der Waals surface area contributed by atoms with Gasteiger partial charge in [0, 0.05) is 0 Å². The van der Waals surface area contributed by atoms with E-state index in [9.17, 15) is 18.9 Å². The van der Waals surface area contributed by atoms with Crippen LogP contribution in [0.3, 0.4) is 0 Å². The van der Waals surface area contributed by atoms with Gasteiger partial charge in [0.2, 0.25) is 0 Å². The molecule has 0 aliphatic carbocycles. The Morgan fingerprint density at radius 2 is 1.00 bits per heavy atom. The molecule has 8 nitrogen and oxygen atoms in total. The second kappa shape index (κ2) is 9.88. The lowest BCUT2D eigenvalue weighted by Gasteiger charge is -2.14. The largest absolute Gasteiger partial charge is 0.527 e. The van der Waals surface area contributed by atoms with Crippen molar-refractivity contribution in [2.24, 2.45) is 0 Å². The fourth-order valence-corrected chi connectivity index (χ4v) is 3.45. The Hall–Kier alpha value is -1.66. The lowest BCUT2D eigenvalue weighted by atomic mass is 10.3. The molecule has 2 aromatic rings. The van der Waals surface area contributed by atoms with E-state index in [1.807, 2.05) is 0 Å². The van der Waals surface area contributed by atoms with Crippen molar-refractivity contribution < 1.29 is 37.0 Å². The van der Waals surface area contributed by atoms with E-state index in [1.54, 1.807) is 36.4 Å². The first-order valence-corrected chi connectivity index (χ1v) is 10.8. The van der Waals surface area contributed by atoms with Crippen LogP contribution in [0.15, 0.2) is 60.7 Å². The molecule has 0 aromatic heterocycles. The standard InChI is InChI=1S/C16H20O8P2/c17-25(18,23-15-9-3-1-4-10-15)21-13-7-8-14-22-26(19,20)24-16-11-5-2-6-12-16/h1-6,9-12H,7-8,13-14H2,(H,17,18)(H,19,20). The molecule has 2 N–H and O–H groups in total. The van der Waals surface area contributed by atoms with Crippen LogP contribution in [0.5, 0.6) is 11.5 Å². The zero-order valence-electron chi connectivity index (χ0n) is 13.8. The summed E-state index contributed by atoms with van der Waals surface area (Å²) in [6.07, 6.45) is 0.655. The zero-order valence-corrected chi connectivity index (χ0v) is 15.6. The van der Waals surface area contributed by atoms with Crippen LogP contribution >= 0.6 is 15.6 Å². The number of rotatable bonds is 11. The van der Waals surface area contributed by atoms with Gasteiger partial charge in [-0.15, -0.1) is 0 Å². The van der Waals surface area contributed by atoms with E-state index < -0.39 is 15.6 Å². The first-order valence-electron chi connectivity index (χ1n) is 7.80. The molecule has 0 aliphatic rings. The summed E-state index contributed by atoms with van der Waals surface area (Å²) in [6.45, 7) is -0.140. The van der Waals surface area contributed by atoms with E-state index in [2.05, 4.69) is 0 Å². The minimum Gasteiger partial charge on any atom is -0.404 e. The first-order chi connectivity index (χ1) is 12.4. The van der Waals surface area contributed by atoms with E-state index in [4.69, 9.17) is 18.1 Å². The Morgan fingerprint density at radius 1 is 0.654 bits per heavy atom. The summed E-state index contributed by atoms with van der Waals surface area (Å²) in [6, 6.07) is 16.3. The highest BCUT2D eigenvalue weighted by molar-refractivity contribution is 7.48. The monoisotopic (exact) mass is 402 g/mol. The maximum atomic E-state index is 11.8. The Labute approximate surface area is 151 Å². The molecule has 10 heteroatoms. The van der Waals surface area contributed by atoms with E-state index >= 15 is 0 Å². The number of unbranched alkanes of at least 4 members (excludes halogenated alkanes) is 1. The summed E-state index contributed by atoms with van der Waals surface area (Å²) >= 11 is 0. The van der Waals surface area contributed by atoms with Gasteiger partial charge in [0.05, 0.1) is 13.2 Å². The predicted molar refractivity (Wildman–Crippen MR) is 94.9 cm³/mol. The lowest BCUT2D eigenvalue weighted by Crippen LogP contribution is -2.02. The van der Waals surface area contributed by atoms with E-state index in [0.717, 1.165) is 0 Å². The molecule has 2 rings (SSSR count). The summed E-state index contributed by atoms with van der Waals surface area (Å²) in [4.78, 5) is 19.2. The average molecular weight is 402 g/mol. The minimum absolute atomic E-state index is 0.0702. The molecule has 2 atom stereocenters. The quantitative estimate of drug-likeness (QED) is 0.426. The number of hydrogen-bond donors (Lipinski definition) is 2. The van der Waals surface area contributed by atoms with E-state index in [1.165, 1.54) is 24.3 Å². The topological polar surface area (TPSA) is 112 Å². The molecule has 26 heavy (non-hydrogen) atoms. The van der Waals surface area contributed by atoms with Gasteiger partial charge < -0.3 is 9.05 Å². The second-order valence-electron chi connectivity index (χ2n) is 5.12. The van der Waals surface area contributed by atoms with Crippen LogP contribution in [0.25, 0.3) is 0 Å².